The summed E-state index contributed by atoms with van der Waals surface area (Å²) in [5.41, 5.74) is 3.59. The Morgan fingerprint density at radius 2 is 2.07 bits per heavy atom. The highest BCUT2D eigenvalue weighted by Gasteiger charge is 2.25. The molecule has 1 heterocycles. The first-order valence-electron chi connectivity index (χ1n) is 11.4. The summed E-state index contributed by atoms with van der Waals surface area (Å²) in [7, 11) is 4.14. The summed E-state index contributed by atoms with van der Waals surface area (Å²) in [4.78, 5) is 19.7. The SMILES string of the molecule is C=C(CC(NC(=O)CCc1nc2ccc(CC)cc2s1)C1CCCCC1)CN(C)C. The van der Waals surface area contributed by atoms with Crippen LogP contribution < -0.4 is 5.32 Å². The lowest BCUT2D eigenvalue weighted by molar-refractivity contribution is -0.122. The van der Waals surface area contributed by atoms with E-state index in [9.17, 15) is 4.79 Å². The van der Waals surface area contributed by atoms with Gasteiger partial charge in [-0.05, 0) is 63.4 Å². The first-order chi connectivity index (χ1) is 14.4. The third kappa shape index (κ3) is 6.64. The van der Waals surface area contributed by atoms with E-state index in [1.165, 1.54) is 47.9 Å². The van der Waals surface area contributed by atoms with Crippen LogP contribution in [-0.4, -0.2) is 42.5 Å². The van der Waals surface area contributed by atoms with E-state index in [1.54, 1.807) is 11.3 Å². The fourth-order valence-electron chi connectivity index (χ4n) is 4.54. The molecule has 1 amide bonds. The van der Waals surface area contributed by atoms with Gasteiger partial charge in [-0.3, -0.25) is 4.79 Å². The van der Waals surface area contributed by atoms with E-state index in [-0.39, 0.29) is 11.9 Å². The summed E-state index contributed by atoms with van der Waals surface area (Å²) in [6.45, 7) is 7.32. The van der Waals surface area contributed by atoms with Gasteiger partial charge in [0.1, 0.15) is 0 Å². The Bertz CT molecular complexity index is 851. The summed E-state index contributed by atoms with van der Waals surface area (Å²) >= 11 is 1.72. The second-order valence-corrected chi connectivity index (χ2v) is 10.1. The number of hydrogen-bond donors (Lipinski definition) is 1. The van der Waals surface area contributed by atoms with E-state index in [1.807, 2.05) is 0 Å². The molecule has 1 atom stereocenters. The number of aryl methyl sites for hydroxylation is 2. The molecule has 0 spiro atoms. The molecule has 164 valence electrons. The minimum atomic E-state index is 0.150. The molecule has 1 fully saturated rings. The lowest BCUT2D eigenvalue weighted by Gasteiger charge is -2.32. The van der Waals surface area contributed by atoms with Crippen LogP contribution in [0.3, 0.4) is 0 Å². The van der Waals surface area contributed by atoms with Crippen LogP contribution in [0.2, 0.25) is 0 Å². The van der Waals surface area contributed by atoms with Crippen molar-refractivity contribution in [3.8, 4) is 0 Å². The zero-order chi connectivity index (χ0) is 21.5. The molecule has 0 radical (unpaired) electrons. The summed E-state index contributed by atoms with van der Waals surface area (Å²) < 4.78 is 1.23. The minimum absolute atomic E-state index is 0.150. The van der Waals surface area contributed by atoms with Crippen molar-refractivity contribution < 1.29 is 4.79 Å². The van der Waals surface area contributed by atoms with Gasteiger partial charge in [-0.25, -0.2) is 4.98 Å². The van der Waals surface area contributed by atoms with Crippen molar-refractivity contribution in [1.82, 2.24) is 15.2 Å². The molecular formula is C25H37N3OS. The van der Waals surface area contributed by atoms with Gasteiger partial charge in [-0.2, -0.15) is 0 Å². The maximum atomic E-state index is 12.8. The number of hydrogen-bond acceptors (Lipinski definition) is 4. The molecule has 0 aliphatic heterocycles. The number of fused-ring (bicyclic) bond motifs is 1. The second-order valence-electron chi connectivity index (χ2n) is 9.03. The molecule has 1 aromatic heterocycles. The van der Waals surface area contributed by atoms with Gasteiger partial charge in [0, 0.05) is 25.4 Å². The average Bonchev–Trinajstić information content (AvgIpc) is 3.14. The second kappa shape index (κ2) is 11.1. The third-order valence-electron chi connectivity index (χ3n) is 6.08. The van der Waals surface area contributed by atoms with Crippen molar-refractivity contribution in [1.29, 1.82) is 0 Å². The van der Waals surface area contributed by atoms with Crippen molar-refractivity contribution >= 4 is 27.5 Å². The predicted molar refractivity (Wildman–Crippen MR) is 128 cm³/mol. The number of aromatic nitrogens is 1. The number of carbonyl (C=O) groups excluding carboxylic acids is 1. The Labute approximate surface area is 185 Å². The number of amides is 1. The van der Waals surface area contributed by atoms with E-state index in [0.717, 1.165) is 29.9 Å². The van der Waals surface area contributed by atoms with Crippen LogP contribution in [0, 0.1) is 5.92 Å². The Kier molecular flexibility index (Phi) is 8.46. The summed E-state index contributed by atoms with van der Waals surface area (Å²) in [5.74, 6) is 0.730. The molecule has 1 N–H and O–H groups in total. The zero-order valence-corrected chi connectivity index (χ0v) is 19.7. The number of nitrogens with one attached hydrogen (secondary N) is 1. The maximum absolute atomic E-state index is 12.8. The fraction of sp³-hybridized carbons (Fsp3) is 0.600. The Morgan fingerprint density at radius 3 is 2.77 bits per heavy atom. The van der Waals surface area contributed by atoms with Gasteiger partial charge in [-0.1, -0.05) is 44.4 Å². The van der Waals surface area contributed by atoms with Crippen molar-refractivity contribution in [2.24, 2.45) is 5.92 Å². The van der Waals surface area contributed by atoms with Crippen molar-refractivity contribution in [2.45, 2.75) is 70.8 Å². The molecule has 5 heteroatoms. The van der Waals surface area contributed by atoms with Crippen LogP contribution in [0.4, 0.5) is 0 Å². The summed E-state index contributed by atoms with van der Waals surface area (Å²) in [6, 6.07) is 6.69. The lowest BCUT2D eigenvalue weighted by Crippen LogP contribution is -2.42. The predicted octanol–water partition coefficient (Wildman–Crippen LogP) is 5.36. The Hall–Kier alpha value is -1.72. The third-order valence-corrected chi connectivity index (χ3v) is 7.16. The molecule has 4 nitrogen and oxygen atoms in total. The largest absolute Gasteiger partial charge is 0.353 e. The highest BCUT2D eigenvalue weighted by molar-refractivity contribution is 7.18. The smallest absolute Gasteiger partial charge is 0.220 e. The average molecular weight is 428 g/mol. The summed E-state index contributed by atoms with van der Waals surface area (Å²) in [6.07, 6.45) is 9.46. The highest BCUT2D eigenvalue weighted by Crippen LogP contribution is 2.29. The lowest BCUT2D eigenvalue weighted by atomic mass is 9.81. The molecule has 1 saturated carbocycles. The Morgan fingerprint density at radius 1 is 1.30 bits per heavy atom. The quantitative estimate of drug-likeness (QED) is 0.519. The van der Waals surface area contributed by atoms with E-state index in [4.69, 9.17) is 4.98 Å². The zero-order valence-electron chi connectivity index (χ0n) is 18.9. The van der Waals surface area contributed by atoms with Gasteiger partial charge in [0.25, 0.3) is 0 Å². The number of rotatable bonds is 10. The number of nitrogens with zero attached hydrogens (tertiary/aromatic N) is 2. The van der Waals surface area contributed by atoms with Crippen molar-refractivity contribution in [3.63, 3.8) is 0 Å². The van der Waals surface area contributed by atoms with Crippen molar-refractivity contribution in [2.75, 3.05) is 20.6 Å². The summed E-state index contributed by atoms with van der Waals surface area (Å²) in [5, 5.41) is 4.43. The monoisotopic (exact) mass is 427 g/mol. The molecule has 1 unspecified atom stereocenters. The molecule has 30 heavy (non-hydrogen) atoms. The molecule has 0 bridgehead atoms. The molecule has 3 rings (SSSR count). The van der Waals surface area contributed by atoms with Crippen LogP contribution in [-0.2, 0) is 17.6 Å². The number of carbonyl (C=O) groups is 1. The van der Waals surface area contributed by atoms with Crippen molar-refractivity contribution in [3.05, 3.63) is 40.9 Å². The molecule has 0 saturated heterocycles. The minimum Gasteiger partial charge on any atom is -0.353 e. The molecule has 1 aromatic carbocycles. The van der Waals surface area contributed by atoms with E-state index in [0.29, 0.717) is 18.8 Å². The van der Waals surface area contributed by atoms with Crippen LogP contribution >= 0.6 is 11.3 Å². The highest BCUT2D eigenvalue weighted by atomic mass is 32.1. The van der Waals surface area contributed by atoms with E-state index in [2.05, 4.69) is 56.0 Å². The standard InChI is InChI=1S/C25H37N3OS/c1-5-19-11-12-21-23(16-19)30-25(27-21)14-13-24(29)26-22(15-18(2)17-28(3)4)20-9-7-6-8-10-20/h11-12,16,20,22H,2,5-10,13-15,17H2,1,3-4H3,(H,26,29). The van der Waals surface area contributed by atoms with Crippen LogP contribution in [0.5, 0.6) is 0 Å². The van der Waals surface area contributed by atoms with Gasteiger partial charge < -0.3 is 10.2 Å². The van der Waals surface area contributed by atoms with Crippen LogP contribution in [0.1, 0.15) is 62.4 Å². The van der Waals surface area contributed by atoms with E-state index < -0.39 is 0 Å². The molecule has 1 aliphatic rings. The van der Waals surface area contributed by atoms with Gasteiger partial charge >= 0.3 is 0 Å². The van der Waals surface area contributed by atoms with Gasteiger partial charge in [0.2, 0.25) is 5.91 Å². The van der Waals surface area contributed by atoms with Crippen LogP contribution in [0.15, 0.2) is 30.4 Å². The molecule has 1 aliphatic carbocycles. The maximum Gasteiger partial charge on any atom is 0.220 e. The Balaban J connectivity index is 1.58. The first-order valence-corrected chi connectivity index (χ1v) is 12.2. The molecular weight excluding hydrogens is 390 g/mol. The van der Waals surface area contributed by atoms with Gasteiger partial charge in [0.05, 0.1) is 15.2 Å². The first kappa shape index (κ1) is 23.0. The van der Waals surface area contributed by atoms with E-state index >= 15 is 0 Å². The molecule has 2 aromatic rings. The van der Waals surface area contributed by atoms with Crippen LogP contribution in [0.25, 0.3) is 10.2 Å². The fourth-order valence-corrected chi connectivity index (χ4v) is 5.57. The topological polar surface area (TPSA) is 45.2 Å². The van der Waals surface area contributed by atoms with Gasteiger partial charge in [0.15, 0.2) is 0 Å². The number of benzene rings is 1. The number of thiazole rings is 1. The number of likely N-dealkylation sites (N-methyl/N-ethyl adjacent to an activating group) is 1. The van der Waals surface area contributed by atoms with Gasteiger partial charge in [-0.15, -0.1) is 11.3 Å². The normalized spacial score (nSPS) is 16.1.